The minimum atomic E-state index is 0.141. The SMILES string of the molecule is O=C1CC(c2ccc(-c3ccc(OCCn4ccnc4)cc3)cc2)CN1. The van der Waals surface area contributed by atoms with Gasteiger partial charge in [0.15, 0.2) is 0 Å². The molecule has 1 amide bonds. The van der Waals surface area contributed by atoms with Gasteiger partial charge in [0.2, 0.25) is 5.91 Å². The summed E-state index contributed by atoms with van der Waals surface area (Å²) in [6.45, 7) is 2.13. The third-order valence-corrected chi connectivity index (χ3v) is 4.72. The molecule has 5 heteroatoms. The zero-order valence-corrected chi connectivity index (χ0v) is 14.5. The lowest BCUT2D eigenvalue weighted by Gasteiger charge is -2.10. The van der Waals surface area contributed by atoms with Crippen LogP contribution in [0.25, 0.3) is 11.1 Å². The molecule has 1 N–H and O–H groups in total. The second-order valence-electron chi connectivity index (χ2n) is 6.50. The lowest BCUT2D eigenvalue weighted by Crippen LogP contribution is -2.13. The van der Waals surface area contributed by atoms with Crippen LogP contribution in [-0.2, 0) is 11.3 Å². The predicted octanol–water partition coefficient (Wildman–Crippen LogP) is 3.23. The molecule has 0 aliphatic carbocycles. The Bertz CT molecular complexity index is 855. The van der Waals surface area contributed by atoms with Crippen molar-refractivity contribution in [2.24, 2.45) is 0 Å². The molecular weight excluding hydrogens is 326 g/mol. The van der Waals surface area contributed by atoms with Crippen LogP contribution in [0.4, 0.5) is 0 Å². The van der Waals surface area contributed by atoms with Gasteiger partial charge >= 0.3 is 0 Å². The maximum absolute atomic E-state index is 11.4. The number of amides is 1. The average molecular weight is 347 g/mol. The number of aromatic nitrogens is 2. The summed E-state index contributed by atoms with van der Waals surface area (Å²) in [5, 5.41) is 2.89. The summed E-state index contributed by atoms with van der Waals surface area (Å²) >= 11 is 0. The lowest BCUT2D eigenvalue weighted by molar-refractivity contribution is -0.119. The average Bonchev–Trinajstić information content (AvgIpc) is 3.34. The first-order chi connectivity index (χ1) is 12.8. The number of carbonyl (C=O) groups excluding carboxylic acids is 1. The molecule has 0 spiro atoms. The molecule has 0 saturated carbocycles. The zero-order chi connectivity index (χ0) is 17.8. The smallest absolute Gasteiger partial charge is 0.220 e. The maximum atomic E-state index is 11.4. The second kappa shape index (κ2) is 7.44. The van der Waals surface area contributed by atoms with E-state index in [1.54, 1.807) is 12.5 Å². The van der Waals surface area contributed by atoms with Gasteiger partial charge in [0.05, 0.1) is 12.9 Å². The van der Waals surface area contributed by atoms with Crippen molar-refractivity contribution in [2.75, 3.05) is 13.2 Å². The van der Waals surface area contributed by atoms with Crippen LogP contribution in [0.15, 0.2) is 67.3 Å². The third-order valence-electron chi connectivity index (χ3n) is 4.72. The normalized spacial score (nSPS) is 16.5. The molecule has 5 nitrogen and oxygen atoms in total. The van der Waals surface area contributed by atoms with Gasteiger partial charge in [-0.05, 0) is 28.8 Å². The van der Waals surface area contributed by atoms with Crippen molar-refractivity contribution < 1.29 is 9.53 Å². The van der Waals surface area contributed by atoms with Crippen LogP contribution in [0.3, 0.4) is 0 Å². The molecule has 1 aromatic heterocycles. The highest BCUT2D eigenvalue weighted by Crippen LogP contribution is 2.27. The molecule has 1 atom stereocenters. The van der Waals surface area contributed by atoms with Crippen LogP contribution in [-0.4, -0.2) is 28.6 Å². The summed E-state index contributed by atoms with van der Waals surface area (Å²) < 4.78 is 7.77. The van der Waals surface area contributed by atoms with E-state index in [0.717, 1.165) is 30.0 Å². The molecule has 2 aromatic carbocycles. The molecule has 1 aliphatic heterocycles. The Labute approximate surface area is 152 Å². The summed E-state index contributed by atoms with van der Waals surface area (Å²) in [6.07, 6.45) is 6.06. The molecular formula is C21H21N3O2. The van der Waals surface area contributed by atoms with Crippen molar-refractivity contribution in [2.45, 2.75) is 18.9 Å². The van der Waals surface area contributed by atoms with Crippen LogP contribution in [0, 0.1) is 0 Å². The summed E-state index contributed by atoms with van der Waals surface area (Å²) in [6, 6.07) is 16.6. The van der Waals surface area contributed by atoms with Gasteiger partial charge in [0.25, 0.3) is 0 Å². The number of ether oxygens (including phenoxy) is 1. The van der Waals surface area contributed by atoms with E-state index in [1.807, 2.05) is 22.9 Å². The molecule has 1 saturated heterocycles. The monoisotopic (exact) mass is 347 g/mol. The fourth-order valence-corrected chi connectivity index (χ4v) is 3.22. The Morgan fingerprint density at radius 2 is 1.81 bits per heavy atom. The highest BCUT2D eigenvalue weighted by Gasteiger charge is 2.22. The largest absolute Gasteiger partial charge is 0.492 e. The van der Waals surface area contributed by atoms with Gasteiger partial charge in [-0.25, -0.2) is 4.98 Å². The van der Waals surface area contributed by atoms with Crippen molar-refractivity contribution in [3.63, 3.8) is 0 Å². The van der Waals surface area contributed by atoms with E-state index in [2.05, 4.69) is 46.7 Å². The van der Waals surface area contributed by atoms with E-state index in [-0.39, 0.29) is 5.91 Å². The lowest BCUT2D eigenvalue weighted by atomic mass is 9.95. The summed E-state index contributed by atoms with van der Waals surface area (Å²) in [5.74, 6) is 1.30. The van der Waals surface area contributed by atoms with E-state index >= 15 is 0 Å². The Hall–Kier alpha value is -3.08. The van der Waals surface area contributed by atoms with Gasteiger partial charge in [0, 0.05) is 31.3 Å². The molecule has 132 valence electrons. The first-order valence-electron chi connectivity index (χ1n) is 8.83. The zero-order valence-electron chi connectivity index (χ0n) is 14.5. The number of hydrogen-bond donors (Lipinski definition) is 1. The van der Waals surface area contributed by atoms with Crippen LogP contribution in [0.2, 0.25) is 0 Å². The van der Waals surface area contributed by atoms with Crippen molar-refractivity contribution in [3.05, 3.63) is 72.8 Å². The first kappa shape index (κ1) is 16.4. The Morgan fingerprint density at radius 3 is 2.42 bits per heavy atom. The van der Waals surface area contributed by atoms with E-state index in [1.165, 1.54) is 5.56 Å². The van der Waals surface area contributed by atoms with Crippen molar-refractivity contribution in [3.8, 4) is 16.9 Å². The molecule has 1 unspecified atom stereocenters. The standard InChI is InChI=1S/C21H21N3O2/c25-21-13-19(14-23-21)18-3-1-16(2-4-18)17-5-7-20(8-6-17)26-12-11-24-10-9-22-15-24/h1-10,15,19H,11-14H2,(H,23,25). The van der Waals surface area contributed by atoms with E-state index in [4.69, 9.17) is 4.74 Å². The Kier molecular flexibility index (Phi) is 4.69. The van der Waals surface area contributed by atoms with E-state index in [0.29, 0.717) is 18.9 Å². The Morgan fingerprint density at radius 1 is 1.08 bits per heavy atom. The maximum Gasteiger partial charge on any atom is 0.220 e. The molecule has 26 heavy (non-hydrogen) atoms. The molecule has 4 rings (SSSR count). The van der Waals surface area contributed by atoms with Gasteiger partial charge in [-0.3, -0.25) is 4.79 Å². The van der Waals surface area contributed by atoms with Crippen molar-refractivity contribution in [1.29, 1.82) is 0 Å². The van der Waals surface area contributed by atoms with Crippen LogP contribution >= 0.6 is 0 Å². The van der Waals surface area contributed by atoms with Gasteiger partial charge in [-0.2, -0.15) is 0 Å². The minimum absolute atomic E-state index is 0.141. The summed E-state index contributed by atoms with van der Waals surface area (Å²) in [7, 11) is 0. The number of hydrogen-bond acceptors (Lipinski definition) is 3. The van der Waals surface area contributed by atoms with Crippen LogP contribution in [0.1, 0.15) is 17.9 Å². The topological polar surface area (TPSA) is 56.2 Å². The van der Waals surface area contributed by atoms with Gasteiger partial charge < -0.3 is 14.6 Å². The second-order valence-corrected chi connectivity index (χ2v) is 6.50. The molecule has 1 fully saturated rings. The number of imidazole rings is 1. The number of carbonyl (C=O) groups is 1. The highest BCUT2D eigenvalue weighted by atomic mass is 16.5. The molecule has 0 bridgehead atoms. The van der Waals surface area contributed by atoms with Crippen LogP contribution < -0.4 is 10.1 Å². The van der Waals surface area contributed by atoms with E-state index in [9.17, 15) is 4.79 Å². The number of rotatable bonds is 6. The van der Waals surface area contributed by atoms with Crippen molar-refractivity contribution in [1.82, 2.24) is 14.9 Å². The van der Waals surface area contributed by atoms with Crippen molar-refractivity contribution >= 4 is 5.91 Å². The highest BCUT2D eigenvalue weighted by molar-refractivity contribution is 5.79. The number of nitrogens with one attached hydrogen (secondary N) is 1. The van der Waals surface area contributed by atoms with Gasteiger partial charge in [-0.15, -0.1) is 0 Å². The molecule has 1 aliphatic rings. The van der Waals surface area contributed by atoms with Gasteiger partial charge in [0.1, 0.15) is 12.4 Å². The fraction of sp³-hybridized carbons (Fsp3) is 0.238. The molecule has 0 radical (unpaired) electrons. The quantitative estimate of drug-likeness (QED) is 0.745. The van der Waals surface area contributed by atoms with Gasteiger partial charge in [-0.1, -0.05) is 36.4 Å². The number of nitrogens with zero attached hydrogens (tertiary/aromatic N) is 2. The molecule has 2 heterocycles. The summed E-state index contributed by atoms with van der Waals surface area (Å²) in [5.41, 5.74) is 3.53. The fourth-order valence-electron chi connectivity index (χ4n) is 3.22. The first-order valence-corrected chi connectivity index (χ1v) is 8.83. The van der Waals surface area contributed by atoms with Crippen LogP contribution in [0.5, 0.6) is 5.75 Å². The minimum Gasteiger partial charge on any atom is -0.492 e. The predicted molar refractivity (Wildman–Crippen MR) is 100.0 cm³/mol. The van der Waals surface area contributed by atoms with E-state index < -0.39 is 0 Å². The number of benzene rings is 2. The third kappa shape index (κ3) is 3.77. The molecule has 3 aromatic rings. The Balaban J connectivity index is 1.36. The summed E-state index contributed by atoms with van der Waals surface area (Å²) in [4.78, 5) is 15.4.